The Bertz CT molecular complexity index is 773. The normalized spacial score (nSPS) is 13.7. The molecule has 5 nitrogen and oxygen atoms in total. The van der Waals surface area contributed by atoms with Crippen molar-refractivity contribution in [3.63, 3.8) is 0 Å². The fraction of sp³-hybridized carbons (Fsp3) is 0.222. The van der Waals surface area contributed by atoms with Gasteiger partial charge >= 0.3 is 5.97 Å². The lowest BCUT2D eigenvalue weighted by molar-refractivity contribution is -0.137. The fourth-order valence-corrected chi connectivity index (χ4v) is 2.69. The lowest BCUT2D eigenvalue weighted by Crippen LogP contribution is -2.30. The molecule has 124 valence electrons. The Hall–Kier alpha value is -2.89. The van der Waals surface area contributed by atoms with Crippen LogP contribution >= 0.6 is 0 Å². The molecule has 2 N–H and O–H groups in total. The van der Waals surface area contributed by atoms with Gasteiger partial charge in [0.05, 0.1) is 19.1 Å². The van der Waals surface area contributed by atoms with Gasteiger partial charge in [-0.25, -0.2) is 4.39 Å². The van der Waals surface area contributed by atoms with E-state index in [9.17, 15) is 14.0 Å². The number of carbonyl (C=O) groups excluding carboxylic acids is 1. The fourth-order valence-electron chi connectivity index (χ4n) is 2.69. The van der Waals surface area contributed by atoms with E-state index in [-0.39, 0.29) is 12.3 Å². The van der Waals surface area contributed by atoms with Crippen LogP contribution in [-0.4, -0.2) is 23.6 Å². The first-order chi connectivity index (χ1) is 11.5. The van der Waals surface area contributed by atoms with E-state index in [1.807, 2.05) is 0 Å². The van der Waals surface area contributed by atoms with Crippen LogP contribution in [0.4, 0.5) is 4.39 Å². The highest BCUT2D eigenvalue weighted by Gasteiger charge is 2.20. The minimum absolute atomic E-state index is 0.286. The predicted octanol–water partition coefficient (Wildman–Crippen LogP) is 2.71. The van der Waals surface area contributed by atoms with E-state index in [1.165, 1.54) is 24.3 Å². The Labute approximate surface area is 138 Å². The van der Waals surface area contributed by atoms with Gasteiger partial charge in [-0.1, -0.05) is 12.1 Å². The Kier molecular flexibility index (Phi) is 4.46. The summed E-state index contributed by atoms with van der Waals surface area (Å²) in [7, 11) is 0. The summed E-state index contributed by atoms with van der Waals surface area (Å²) in [5.41, 5.74) is 1.94. The molecule has 0 aromatic heterocycles. The van der Waals surface area contributed by atoms with E-state index in [0.29, 0.717) is 17.7 Å². The number of carboxylic acid groups (broad SMARTS) is 1. The SMILES string of the molecule is O=C(O)C[C@@H](NC(=O)c1ccc2c(c1)CCO2)c1ccc(F)cc1. The number of halogens is 1. The minimum Gasteiger partial charge on any atom is -0.493 e. The Morgan fingerprint density at radius 3 is 2.67 bits per heavy atom. The van der Waals surface area contributed by atoms with Crippen LogP contribution in [0, 0.1) is 5.82 Å². The number of fused-ring (bicyclic) bond motifs is 1. The smallest absolute Gasteiger partial charge is 0.305 e. The van der Waals surface area contributed by atoms with Gasteiger partial charge in [0.2, 0.25) is 0 Å². The molecule has 0 fully saturated rings. The van der Waals surface area contributed by atoms with Gasteiger partial charge < -0.3 is 15.2 Å². The summed E-state index contributed by atoms with van der Waals surface area (Å²) in [5, 5.41) is 11.8. The molecule has 3 rings (SSSR count). The van der Waals surface area contributed by atoms with E-state index in [0.717, 1.165) is 17.7 Å². The summed E-state index contributed by atoms with van der Waals surface area (Å²) >= 11 is 0. The van der Waals surface area contributed by atoms with Crippen LogP contribution in [0.1, 0.15) is 33.9 Å². The van der Waals surface area contributed by atoms with Crippen molar-refractivity contribution in [1.82, 2.24) is 5.32 Å². The summed E-state index contributed by atoms with van der Waals surface area (Å²) < 4.78 is 18.5. The van der Waals surface area contributed by atoms with Crippen molar-refractivity contribution < 1.29 is 23.8 Å². The zero-order chi connectivity index (χ0) is 17.1. The molecule has 1 amide bonds. The average molecular weight is 329 g/mol. The number of nitrogens with one attached hydrogen (secondary N) is 1. The van der Waals surface area contributed by atoms with E-state index in [1.54, 1.807) is 18.2 Å². The molecule has 0 unspecified atom stereocenters. The molecule has 0 saturated heterocycles. The van der Waals surface area contributed by atoms with Crippen LogP contribution in [0.15, 0.2) is 42.5 Å². The summed E-state index contributed by atoms with van der Waals surface area (Å²) in [6, 6.07) is 9.81. The Morgan fingerprint density at radius 2 is 1.96 bits per heavy atom. The molecule has 1 aliphatic heterocycles. The van der Waals surface area contributed by atoms with Crippen LogP contribution in [0.3, 0.4) is 0 Å². The molecular formula is C18H16FNO4. The Balaban J connectivity index is 1.80. The summed E-state index contributed by atoms with van der Waals surface area (Å²) in [6.45, 7) is 0.595. The average Bonchev–Trinajstić information content (AvgIpc) is 3.02. The zero-order valence-electron chi connectivity index (χ0n) is 12.8. The topological polar surface area (TPSA) is 75.6 Å². The maximum Gasteiger partial charge on any atom is 0.305 e. The second-order valence-electron chi connectivity index (χ2n) is 5.60. The molecule has 24 heavy (non-hydrogen) atoms. The van der Waals surface area contributed by atoms with Gasteiger partial charge in [0.1, 0.15) is 11.6 Å². The molecule has 1 aliphatic rings. The molecule has 0 spiro atoms. The van der Waals surface area contributed by atoms with Crippen molar-refractivity contribution >= 4 is 11.9 Å². The maximum absolute atomic E-state index is 13.1. The summed E-state index contributed by atoms with van der Waals surface area (Å²) in [6.07, 6.45) is 0.457. The van der Waals surface area contributed by atoms with Crippen molar-refractivity contribution in [2.24, 2.45) is 0 Å². The highest BCUT2D eigenvalue weighted by molar-refractivity contribution is 5.95. The van der Waals surface area contributed by atoms with Crippen LogP contribution in [0.5, 0.6) is 5.75 Å². The number of carbonyl (C=O) groups is 2. The first-order valence-electron chi connectivity index (χ1n) is 7.57. The summed E-state index contributed by atoms with van der Waals surface area (Å²) in [5.74, 6) is -1.07. The van der Waals surface area contributed by atoms with Crippen LogP contribution in [0.2, 0.25) is 0 Å². The molecule has 0 saturated carbocycles. The van der Waals surface area contributed by atoms with E-state index in [4.69, 9.17) is 9.84 Å². The first kappa shape index (κ1) is 16.0. The van der Waals surface area contributed by atoms with Crippen molar-refractivity contribution in [2.45, 2.75) is 18.9 Å². The highest BCUT2D eigenvalue weighted by Crippen LogP contribution is 2.26. The standard InChI is InChI=1S/C18H16FNO4/c19-14-4-1-11(2-5-14)15(10-17(21)22)20-18(23)13-3-6-16-12(9-13)7-8-24-16/h1-6,9,15H,7-8,10H2,(H,20,23)(H,21,22)/t15-/m1/s1. The number of hydrogen-bond donors (Lipinski definition) is 2. The zero-order valence-corrected chi connectivity index (χ0v) is 12.8. The third-order valence-corrected chi connectivity index (χ3v) is 3.91. The second-order valence-corrected chi connectivity index (χ2v) is 5.60. The first-order valence-corrected chi connectivity index (χ1v) is 7.57. The highest BCUT2D eigenvalue weighted by atomic mass is 19.1. The quantitative estimate of drug-likeness (QED) is 0.884. The van der Waals surface area contributed by atoms with Gasteiger partial charge in [-0.05, 0) is 41.5 Å². The third-order valence-electron chi connectivity index (χ3n) is 3.91. The lowest BCUT2D eigenvalue weighted by Gasteiger charge is -2.18. The molecule has 0 aliphatic carbocycles. The molecule has 6 heteroatoms. The number of carboxylic acids is 1. The van der Waals surface area contributed by atoms with E-state index < -0.39 is 17.8 Å². The number of amides is 1. The number of rotatable bonds is 5. The number of benzene rings is 2. The van der Waals surface area contributed by atoms with Crippen LogP contribution in [0.25, 0.3) is 0 Å². The van der Waals surface area contributed by atoms with Crippen LogP contribution < -0.4 is 10.1 Å². The lowest BCUT2D eigenvalue weighted by atomic mass is 10.0. The van der Waals surface area contributed by atoms with Gasteiger partial charge in [0.25, 0.3) is 5.91 Å². The van der Waals surface area contributed by atoms with Crippen LogP contribution in [-0.2, 0) is 11.2 Å². The van der Waals surface area contributed by atoms with Crippen molar-refractivity contribution in [1.29, 1.82) is 0 Å². The Morgan fingerprint density at radius 1 is 1.21 bits per heavy atom. The van der Waals surface area contributed by atoms with Gasteiger partial charge in [0, 0.05) is 12.0 Å². The van der Waals surface area contributed by atoms with E-state index >= 15 is 0 Å². The molecule has 1 heterocycles. The van der Waals surface area contributed by atoms with Crippen molar-refractivity contribution in [3.8, 4) is 5.75 Å². The van der Waals surface area contributed by atoms with Crippen molar-refractivity contribution in [2.75, 3.05) is 6.61 Å². The van der Waals surface area contributed by atoms with E-state index in [2.05, 4.69) is 5.32 Å². The molecular weight excluding hydrogens is 313 g/mol. The molecule has 1 atom stereocenters. The van der Waals surface area contributed by atoms with Gasteiger partial charge in [-0.15, -0.1) is 0 Å². The van der Waals surface area contributed by atoms with Gasteiger partial charge in [-0.3, -0.25) is 9.59 Å². The maximum atomic E-state index is 13.1. The van der Waals surface area contributed by atoms with Crippen molar-refractivity contribution in [3.05, 3.63) is 65.0 Å². The number of hydrogen-bond acceptors (Lipinski definition) is 3. The molecule has 2 aromatic carbocycles. The number of ether oxygens (including phenoxy) is 1. The second kappa shape index (κ2) is 6.70. The molecule has 0 bridgehead atoms. The third kappa shape index (κ3) is 3.53. The number of aliphatic carboxylic acids is 1. The predicted molar refractivity (Wildman–Crippen MR) is 84.5 cm³/mol. The molecule has 0 radical (unpaired) electrons. The molecule has 2 aromatic rings. The van der Waals surface area contributed by atoms with Gasteiger partial charge in [-0.2, -0.15) is 0 Å². The largest absolute Gasteiger partial charge is 0.493 e. The monoisotopic (exact) mass is 329 g/mol. The summed E-state index contributed by atoms with van der Waals surface area (Å²) in [4.78, 5) is 23.5. The minimum atomic E-state index is -1.05. The van der Waals surface area contributed by atoms with Gasteiger partial charge in [0.15, 0.2) is 0 Å².